The Bertz CT molecular complexity index is 398. The maximum Gasteiger partial charge on any atom is 0.176 e. The molecule has 0 amide bonds. The molecule has 0 bridgehead atoms. The summed E-state index contributed by atoms with van der Waals surface area (Å²) in [6, 6.07) is 7.88. The fourth-order valence-corrected chi connectivity index (χ4v) is 2.14. The predicted octanol–water partition coefficient (Wildman–Crippen LogP) is 3.09. The van der Waals surface area contributed by atoms with Crippen molar-refractivity contribution in [2.24, 2.45) is 0 Å². The molecule has 0 aliphatic carbocycles. The minimum Gasteiger partial charge on any atom is -0.395 e. The van der Waals surface area contributed by atoms with Crippen molar-refractivity contribution < 1.29 is 9.90 Å². The highest BCUT2D eigenvalue weighted by Crippen LogP contribution is 2.15. The van der Waals surface area contributed by atoms with Crippen LogP contribution in [0.2, 0.25) is 0 Å². The molecule has 0 radical (unpaired) electrons. The molecular weight excluding hydrogens is 250 g/mol. The zero-order valence-corrected chi connectivity index (χ0v) is 12.9. The highest BCUT2D eigenvalue weighted by molar-refractivity contribution is 5.97. The number of hydrogen-bond acceptors (Lipinski definition) is 3. The topological polar surface area (TPSA) is 40.5 Å². The third kappa shape index (κ3) is 5.43. The molecule has 0 saturated carbocycles. The number of carbonyl (C=O) groups excluding carboxylic acids is 1. The lowest BCUT2D eigenvalue weighted by atomic mass is 10.0. The molecule has 0 unspecified atom stereocenters. The van der Waals surface area contributed by atoms with E-state index in [-0.39, 0.29) is 12.4 Å². The fraction of sp³-hybridized carbons (Fsp3) is 0.588. The van der Waals surface area contributed by atoms with Gasteiger partial charge in [0.15, 0.2) is 5.78 Å². The van der Waals surface area contributed by atoms with E-state index in [0.29, 0.717) is 19.0 Å². The van der Waals surface area contributed by atoms with Crippen LogP contribution in [0, 0.1) is 0 Å². The molecular formula is C17H27NO2. The normalized spacial score (nSPS) is 11.3. The van der Waals surface area contributed by atoms with Crippen LogP contribution in [0.25, 0.3) is 0 Å². The van der Waals surface area contributed by atoms with Crippen LogP contribution in [-0.2, 0) is 0 Å². The number of unbranched alkanes of at least 4 members (excludes halogenated alkanes) is 1. The molecule has 1 aromatic carbocycles. The second-order valence-electron chi connectivity index (χ2n) is 5.55. The number of ketones is 1. The summed E-state index contributed by atoms with van der Waals surface area (Å²) in [5, 5.41) is 9.06. The second-order valence-corrected chi connectivity index (χ2v) is 5.55. The van der Waals surface area contributed by atoms with Crippen molar-refractivity contribution in [3.05, 3.63) is 35.4 Å². The average Bonchev–Trinajstić information content (AvgIpc) is 2.45. The first-order valence-electron chi connectivity index (χ1n) is 7.54. The highest BCUT2D eigenvalue weighted by Gasteiger charge is 2.12. The number of benzene rings is 1. The summed E-state index contributed by atoms with van der Waals surface area (Å²) in [7, 11) is 0. The van der Waals surface area contributed by atoms with Gasteiger partial charge < -0.3 is 5.11 Å². The Labute approximate surface area is 122 Å². The summed E-state index contributed by atoms with van der Waals surface area (Å²) in [6.07, 6.45) is 2.15. The Morgan fingerprint density at radius 3 is 2.35 bits per heavy atom. The number of rotatable bonds is 9. The first-order chi connectivity index (χ1) is 9.58. The number of hydrogen-bond donors (Lipinski definition) is 1. The monoisotopic (exact) mass is 277 g/mol. The van der Waals surface area contributed by atoms with Gasteiger partial charge in [-0.25, -0.2) is 0 Å². The number of Topliss-reactive ketones (excluding diaryl/α,β-unsaturated/α-hetero) is 1. The van der Waals surface area contributed by atoms with Crippen LogP contribution in [-0.4, -0.2) is 42.0 Å². The third-order valence-corrected chi connectivity index (χ3v) is 3.51. The van der Waals surface area contributed by atoms with Gasteiger partial charge in [-0.05, 0) is 24.4 Å². The zero-order chi connectivity index (χ0) is 15.0. The standard InChI is InChI=1S/C17H27NO2/c1-4-5-10-18(11-12-19)13-17(20)16-8-6-15(7-9-16)14(2)3/h6-9,14,19H,4-5,10-13H2,1-3H3. The first kappa shape index (κ1) is 16.9. The lowest BCUT2D eigenvalue weighted by Crippen LogP contribution is -2.33. The predicted molar refractivity (Wildman–Crippen MR) is 83.3 cm³/mol. The van der Waals surface area contributed by atoms with Gasteiger partial charge in [0, 0.05) is 12.1 Å². The van der Waals surface area contributed by atoms with Crippen LogP contribution >= 0.6 is 0 Å². The van der Waals surface area contributed by atoms with Crippen molar-refractivity contribution in [3.63, 3.8) is 0 Å². The lowest BCUT2D eigenvalue weighted by molar-refractivity contribution is 0.0913. The molecule has 20 heavy (non-hydrogen) atoms. The SMILES string of the molecule is CCCCN(CCO)CC(=O)c1ccc(C(C)C)cc1. The van der Waals surface area contributed by atoms with E-state index in [4.69, 9.17) is 5.11 Å². The van der Waals surface area contributed by atoms with Crippen molar-refractivity contribution in [1.82, 2.24) is 4.90 Å². The van der Waals surface area contributed by atoms with Gasteiger partial charge in [-0.15, -0.1) is 0 Å². The van der Waals surface area contributed by atoms with Crippen LogP contribution in [0.5, 0.6) is 0 Å². The highest BCUT2D eigenvalue weighted by atomic mass is 16.3. The third-order valence-electron chi connectivity index (χ3n) is 3.51. The summed E-state index contributed by atoms with van der Waals surface area (Å²) in [5.74, 6) is 0.611. The quantitative estimate of drug-likeness (QED) is 0.705. The molecule has 3 heteroatoms. The van der Waals surface area contributed by atoms with Crippen molar-refractivity contribution in [3.8, 4) is 0 Å². The second kappa shape index (κ2) is 8.88. The smallest absolute Gasteiger partial charge is 0.176 e. The summed E-state index contributed by atoms with van der Waals surface area (Å²) in [5.41, 5.74) is 2.01. The molecule has 1 N–H and O–H groups in total. The van der Waals surface area contributed by atoms with Gasteiger partial charge in [0.2, 0.25) is 0 Å². The van der Waals surface area contributed by atoms with Crippen LogP contribution in [0.4, 0.5) is 0 Å². The van der Waals surface area contributed by atoms with Crippen molar-refractivity contribution in [1.29, 1.82) is 0 Å². The molecule has 0 aliphatic rings. The molecule has 0 aromatic heterocycles. The van der Waals surface area contributed by atoms with E-state index >= 15 is 0 Å². The number of aliphatic hydroxyl groups excluding tert-OH is 1. The summed E-state index contributed by atoms with van der Waals surface area (Å²) >= 11 is 0. The van der Waals surface area contributed by atoms with E-state index in [1.54, 1.807) is 0 Å². The van der Waals surface area contributed by atoms with E-state index in [2.05, 4.69) is 20.8 Å². The number of aliphatic hydroxyl groups is 1. The summed E-state index contributed by atoms with van der Waals surface area (Å²) < 4.78 is 0. The van der Waals surface area contributed by atoms with Gasteiger partial charge >= 0.3 is 0 Å². The molecule has 1 aromatic rings. The first-order valence-corrected chi connectivity index (χ1v) is 7.54. The van der Waals surface area contributed by atoms with Crippen molar-refractivity contribution in [2.45, 2.75) is 39.5 Å². The van der Waals surface area contributed by atoms with Gasteiger partial charge in [0.1, 0.15) is 0 Å². The average molecular weight is 277 g/mol. The number of nitrogens with zero attached hydrogens (tertiary/aromatic N) is 1. The summed E-state index contributed by atoms with van der Waals surface area (Å²) in [6.45, 7) is 8.34. The molecule has 0 fully saturated rings. The fourth-order valence-electron chi connectivity index (χ4n) is 2.14. The van der Waals surface area contributed by atoms with Crippen molar-refractivity contribution >= 4 is 5.78 Å². The van der Waals surface area contributed by atoms with Crippen LogP contribution in [0.3, 0.4) is 0 Å². The van der Waals surface area contributed by atoms with Gasteiger partial charge in [-0.2, -0.15) is 0 Å². The Morgan fingerprint density at radius 2 is 1.85 bits per heavy atom. The Balaban J connectivity index is 2.63. The Morgan fingerprint density at radius 1 is 1.20 bits per heavy atom. The maximum absolute atomic E-state index is 12.3. The van der Waals surface area contributed by atoms with E-state index in [1.807, 2.05) is 29.2 Å². The Kier molecular flexibility index (Phi) is 7.48. The minimum atomic E-state index is 0.100. The molecule has 0 aliphatic heterocycles. The molecule has 0 atom stereocenters. The van der Waals surface area contributed by atoms with Gasteiger partial charge in [0.25, 0.3) is 0 Å². The molecule has 0 heterocycles. The van der Waals surface area contributed by atoms with Gasteiger partial charge in [-0.1, -0.05) is 51.5 Å². The number of carbonyl (C=O) groups is 1. The molecule has 0 saturated heterocycles. The Hall–Kier alpha value is -1.19. The molecule has 112 valence electrons. The van der Waals surface area contributed by atoms with Crippen LogP contribution in [0.1, 0.15) is 55.5 Å². The van der Waals surface area contributed by atoms with Crippen molar-refractivity contribution in [2.75, 3.05) is 26.2 Å². The van der Waals surface area contributed by atoms with Gasteiger partial charge in [-0.3, -0.25) is 9.69 Å². The summed E-state index contributed by atoms with van der Waals surface area (Å²) in [4.78, 5) is 14.3. The molecule has 0 spiro atoms. The maximum atomic E-state index is 12.3. The van der Waals surface area contributed by atoms with E-state index in [9.17, 15) is 4.79 Å². The molecule has 1 rings (SSSR count). The van der Waals surface area contributed by atoms with Crippen LogP contribution < -0.4 is 0 Å². The van der Waals surface area contributed by atoms with Gasteiger partial charge in [0.05, 0.1) is 13.2 Å². The van der Waals surface area contributed by atoms with E-state index in [0.717, 1.165) is 24.9 Å². The van der Waals surface area contributed by atoms with E-state index < -0.39 is 0 Å². The molecule has 3 nitrogen and oxygen atoms in total. The van der Waals surface area contributed by atoms with Crippen LogP contribution in [0.15, 0.2) is 24.3 Å². The minimum absolute atomic E-state index is 0.100. The lowest BCUT2D eigenvalue weighted by Gasteiger charge is -2.20. The van der Waals surface area contributed by atoms with E-state index in [1.165, 1.54) is 5.56 Å². The largest absolute Gasteiger partial charge is 0.395 e. The zero-order valence-electron chi connectivity index (χ0n) is 12.9.